The molecule has 1 aliphatic rings. The molecule has 0 saturated carbocycles. The third-order valence-corrected chi connectivity index (χ3v) is 5.11. The van der Waals surface area contributed by atoms with Crippen LogP contribution in [0.2, 0.25) is 0 Å². The summed E-state index contributed by atoms with van der Waals surface area (Å²) in [6.07, 6.45) is 5.45. The predicted molar refractivity (Wildman–Crippen MR) is 111 cm³/mol. The maximum atomic E-state index is 13.3. The number of fused-ring (bicyclic) bond motifs is 4. The average molecular weight is 386 g/mol. The van der Waals surface area contributed by atoms with Gasteiger partial charge in [-0.15, -0.1) is 0 Å². The van der Waals surface area contributed by atoms with Crippen molar-refractivity contribution in [2.45, 2.75) is 20.8 Å². The van der Waals surface area contributed by atoms with Gasteiger partial charge >= 0.3 is 0 Å². The Morgan fingerprint density at radius 1 is 1.03 bits per heavy atom. The lowest BCUT2D eigenvalue weighted by Gasteiger charge is -2.20. The molecular weight excluding hydrogens is 368 g/mol. The summed E-state index contributed by atoms with van der Waals surface area (Å²) in [5.41, 5.74) is 1.30. The monoisotopic (exact) mass is 386 g/mol. The number of aryl methyl sites for hydroxylation is 1. The summed E-state index contributed by atoms with van der Waals surface area (Å²) in [5, 5.41) is 10.5. The van der Waals surface area contributed by atoms with E-state index in [1.807, 2.05) is 19.1 Å². The number of phenolic OH excluding ortho intramolecular Hbond substituents is 1. The van der Waals surface area contributed by atoms with Gasteiger partial charge in [0.05, 0.1) is 16.5 Å². The van der Waals surface area contributed by atoms with Crippen LogP contribution in [0, 0.1) is 6.92 Å². The standard InChI is InChI=1S/C24H18O5/c1-4-5-7-12(2)18-11-17(26)19-13(3)10-15-21(24(19)29-18)23(28)20-14(22(15)27)8-6-9-16(20)25/h4-11,25H,1-3H3/b5-4-,12-7-. The lowest BCUT2D eigenvalue weighted by atomic mass is 9.81. The van der Waals surface area contributed by atoms with E-state index in [1.165, 1.54) is 24.3 Å². The SMILES string of the molecule is C/C=C\C=C(\C)c1cc(=O)c2c(C)cc3c(c2o1)C(=O)c1c(O)cccc1C3=O. The lowest BCUT2D eigenvalue weighted by Crippen LogP contribution is -2.22. The number of carbonyl (C=O) groups is 2. The van der Waals surface area contributed by atoms with Crippen molar-refractivity contribution in [1.82, 2.24) is 0 Å². The third-order valence-electron chi connectivity index (χ3n) is 5.11. The molecule has 0 radical (unpaired) electrons. The number of rotatable bonds is 2. The summed E-state index contributed by atoms with van der Waals surface area (Å²) < 4.78 is 6.00. The van der Waals surface area contributed by atoms with Crippen molar-refractivity contribution in [3.8, 4) is 5.75 Å². The van der Waals surface area contributed by atoms with Gasteiger partial charge in [0.15, 0.2) is 16.8 Å². The molecule has 4 rings (SSSR count). The summed E-state index contributed by atoms with van der Waals surface area (Å²) in [5.74, 6) is -0.877. The first-order valence-corrected chi connectivity index (χ1v) is 9.18. The molecule has 5 heteroatoms. The summed E-state index contributed by atoms with van der Waals surface area (Å²) in [4.78, 5) is 39.1. The molecule has 0 spiro atoms. The van der Waals surface area contributed by atoms with E-state index >= 15 is 0 Å². The molecule has 3 aromatic rings. The minimum absolute atomic E-state index is 0.0161. The first kappa shape index (κ1) is 18.6. The van der Waals surface area contributed by atoms with Crippen LogP contribution < -0.4 is 5.43 Å². The molecule has 0 fully saturated rings. The Balaban J connectivity index is 2.12. The first-order valence-electron chi connectivity index (χ1n) is 9.18. The molecule has 2 aromatic carbocycles. The number of allylic oxidation sites excluding steroid dienone is 4. The molecule has 1 aliphatic carbocycles. The van der Waals surface area contributed by atoms with Crippen LogP contribution in [0.4, 0.5) is 0 Å². The third kappa shape index (κ3) is 2.74. The summed E-state index contributed by atoms with van der Waals surface area (Å²) in [6, 6.07) is 7.32. The number of carbonyl (C=O) groups excluding carboxylic acids is 2. The van der Waals surface area contributed by atoms with E-state index < -0.39 is 5.78 Å². The average Bonchev–Trinajstić information content (AvgIpc) is 2.69. The van der Waals surface area contributed by atoms with Gasteiger partial charge in [-0.2, -0.15) is 0 Å². The van der Waals surface area contributed by atoms with Crippen LogP contribution in [0.5, 0.6) is 5.75 Å². The predicted octanol–water partition coefficient (Wildman–Crippen LogP) is 4.56. The molecule has 1 heterocycles. The van der Waals surface area contributed by atoms with Crippen molar-refractivity contribution in [2.75, 3.05) is 0 Å². The molecule has 0 atom stereocenters. The zero-order chi connectivity index (χ0) is 20.9. The van der Waals surface area contributed by atoms with Crippen molar-refractivity contribution in [3.63, 3.8) is 0 Å². The molecule has 29 heavy (non-hydrogen) atoms. The van der Waals surface area contributed by atoms with Crippen LogP contribution in [0.15, 0.2) is 57.8 Å². The largest absolute Gasteiger partial charge is 0.507 e. The van der Waals surface area contributed by atoms with Crippen LogP contribution in [-0.4, -0.2) is 16.7 Å². The molecule has 0 saturated heterocycles. The van der Waals surface area contributed by atoms with Gasteiger partial charge < -0.3 is 9.52 Å². The fourth-order valence-corrected chi connectivity index (χ4v) is 3.69. The van der Waals surface area contributed by atoms with E-state index in [9.17, 15) is 19.5 Å². The maximum absolute atomic E-state index is 13.3. The van der Waals surface area contributed by atoms with Gasteiger partial charge in [0.25, 0.3) is 0 Å². The van der Waals surface area contributed by atoms with Gasteiger partial charge in [0, 0.05) is 17.2 Å². The number of ketones is 2. The quantitative estimate of drug-likeness (QED) is 0.511. The van der Waals surface area contributed by atoms with Crippen LogP contribution in [0.25, 0.3) is 16.5 Å². The highest BCUT2D eigenvalue weighted by Crippen LogP contribution is 2.37. The van der Waals surface area contributed by atoms with Gasteiger partial charge in [0.1, 0.15) is 11.5 Å². The van der Waals surface area contributed by atoms with Crippen molar-refractivity contribution >= 4 is 28.1 Å². The highest BCUT2D eigenvalue weighted by Gasteiger charge is 2.35. The molecule has 0 amide bonds. The topological polar surface area (TPSA) is 84.6 Å². The Morgan fingerprint density at radius 2 is 1.79 bits per heavy atom. The lowest BCUT2D eigenvalue weighted by molar-refractivity contribution is 0.0977. The van der Waals surface area contributed by atoms with Crippen molar-refractivity contribution in [2.24, 2.45) is 0 Å². The van der Waals surface area contributed by atoms with Crippen molar-refractivity contribution < 1.29 is 19.1 Å². The number of phenols is 1. The minimum Gasteiger partial charge on any atom is -0.507 e. The zero-order valence-electron chi connectivity index (χ0n) is 16.2. The maximum Gasteiger partial charge on any atom is 0.202 e. The molecular formula is C24H18O5. The highest BCUT2D eigenvalue weighted by atomic mass is 16.3. The Labute approximate surface area is 166 Å². The van der Waals surface area contributed by atoms with Crippen molar-refractivity contribution in [1.29, 1.82) is 0 Å². The van der Waals surface area contributed by atoms with Crippen LogP contribution in [0.3, 0.4) is 0 Å². The normalized spacial score (nSPS) is 13.8. The van der Waals surface area contributed by atoms with Gasteiger partial charge in [0.2, 0.25) is 5.78 Å². The molecule has 0 bridgehead atoms. The molecule has 0 aliphatic heterocycles. The first-order chi connectivity index (χ1) is 13.8. The van der Waals surface area contributed by atoms with Gasteiger partial charge in [-0.25, -0.2) is 0 Å². The molecule has 1 aromatic heterocycles. The summed E-state index contributed by atoms with van der Waals surface area (Å²) in [7, 11) is 0. The van der Waals surface area contributed by atoms with E-state index in [-0.39, 0.29) is 50.2 Å². The second-order valence-corrected chi connectivity index (χ2v) is 7.03. The van der Waals surface area contributed by atoms with Crippen LogP contribution in [0.1, 0.15) is 57.0 Å². The zero-order valence-corrected chi connectivity index (χ0v) is 16.2. The molecule has 144 valence electrons. The van der Waals surface area contributed by atoms with Crippen LogP contribution in [-0.2, 0) is 0 Å². The second-order valence-electron chi connectivity index (χ2n) is 7.03. The molecule has 0 unspecified atom stereocenters. The number of hydrogen-bond donors (Lipinski definition) is 1. The summed E-state index contributed by atoms with van der Waals surface area (Å²) in [6.45, 7) is 5.37. The minimum atomic E-state index is -0.534. The Morgan fingerprint density at radius 3 is 2.52 bits per heavy atom. The van der Waals surface area contributed by atoms with E-state index in [2.05, 4.69) is 0 Å². The Kier molecular flexibility index (Phi) is 4.31. The van der Waals surface area contributed by atoms with Gasteiger partial charge in [-0.3, -0.25) is 14.4 Å². The second kappa shape index (κ2) is 6.71. The number of hydrogen-bond acceptors (Lipinski definition) is 5. The molecule has 5 nitrogen and oxygen atoms in total. The van der Waals surface area contributed by atoms with Gasteiger partial charge in [-0.05, 0) is 44.0 Å². The summed E-state index contributed by atoms with van der Waals surface area (Å²) >= 11 is 0. The Bertz CT molecular complexity index is 1340. The van der Waals surface area contributed by atoms with Gasteiger partial charge in [-0.1, -0.05) is 30.4 Å². The fourth-order valence-electron chi connectivity index (χ4n) is 3.69. The van der Waals surface area contributed by atoms with E-state index in [0.717, 1.165) is 0 Å². The van der Waals surface area contributed by atoms with E-state index in [1.54, 1.807) is 26.0 Å². The molecule has 1 N–H and O–H groups in total. The van der Waals surface area contributed by atoms with E-state index in [0.29, 0.717) is 16.9 Å². The number of benzene rings is 2. The smallest absolute Gasteiger partial charge is 0.202 e. The highest BCUT2D eigenvalue weighted by molar-refractivity contribution is 6.32. The van der Waals surface area contributed by atoms with Crippen LogP contribution >= 0.6 is 0 Å². The Hall–Kier alpha value is -3.73. The van der Waals surface area contributed by atoms with Crippen molar-refractivity contribution in [3.05, 3.63) is 92.4 Å². The number of aromatic hydroxyl groups is 1. The fraction of sp³-hybridized carbons (Fsp3) is 0.125. The van der Waals surface area contributed by atoms with E-state index in [4.69, 9.17) is 4.42 Å².